The number of thiophene rings is 1. The minimum absolute atomic E-state index is 0.0857. The van der Waals surface area contributed by atoms with E-state index in [1.165, 1.54) is 16.2 Å². The van der Waals surface area contributed by atoms with Gasteiger partial charge in [0.05, 0.1) is 0 Å². The van der Waals surface area contributed by atoms with E-state index in [-0.39, 0.29) is 5.91 Å². The highest BCUT2D eigenvalue weighted by Crippen LogP contribution is 2.14. The molecule has 3 aromatic rings. The second-order valence-electron chi connectivity index (χ2n) is 4.62. The summed E-state index contributed by atoms with van der Waals surface area (Å²) in [4.78, 5) is 13.8. The van der Waals surface area contributed by atoms with E-state index in [1.807, 2.05) is 18.4 Å². The van der Waals surface area contributed by atoms with Crippen molar-refractivity contribution in [1.29, 1.82) is 0 Å². The Morgan fingerprint density at radius 2 is 2.29 bits per heavy atom. The summed E-state index contributed by atoms with van der Waals surface area (Å²) in [6, 6.07) is 4.06. The lowest BCUT2D eigenvalue weighted by atomic mass is 10.2. The molecule has 0 atom stereocenters. The van der Waals surface area contributed by atoms with Crippen LogP contribution in [0.5, 0.6) is 0 Å². The number of nitrogens with zero attached hydrogens (tertiary/aromatic N) is 4. The number of nitrogens with one attached hydrogen (secondary N) is 1. The fourth-order valence-electron chi connectivity index (χ4n) is 1.94. The Balaban J connectivity index is 1.43. The van der Waals surface area contributed by atoms with E-state index in [1.54, 1.807) is 15.9 Å². The fourth-order valence-corrected chi connectivity index (χ4v) is 3.53. The highest BCUT2D eigenvalue weighted by Gasteiger charge is 2.09. The van der Waals surface area contributed by atoms with E-state index in [4.69, 9.17) is 0 Å². The summed E-state index contributed by atoms with van der Waals surface area (Å²) in [5.41, 5.74) is 0. The topological polar surface area (TPSA) is 72.2 Å². The van der Waals surface area contributed by atoms with Gasteiger partial charge in [0.25, 0.3) is 0 Å². The number of carbonyl (C=O) groups excluding carboxylic acids is 1. The molecule has 0 aliphatic carbocycles. The van der Waals surface area contributed by atoms with Crippen LogP contribution in [0.15, 0.2) is 17.5 Å². The molecule has 0 saturated heterocycles. The van der Waals surface area contributed by atoms with Gasteiger partial charge in [-0.25, -0.2) is 0 Å². The van der Waals surface area contributed by atoms with Gasteiger partial charge in [0.2, 0.25) is 10.9 Å². The van der Waals surface area contributed by atoms with E-state index in [0.717, 1.165) is 28.6 Å². The van der Waals surface area contributed by atoms with Crippen molar-refractivity contribution in [1.82, 2.24) is 25.1 Å². The van der Waals surface area contributed by atoms with Gasteiger partial charge in [-0.2, -0.15) is 9.61 Å². The first-order valence-corrected chi connectivity index (χ1v) is 8.39. The Kier molecular flexibility index (Phi) is 4.26. The predicted octanol–water partition coefficient (Wildman–Crippen LogP) is 1.85. The molecule has 8 heteroatoms. The SMILES string of the molecule is Cc1nnc2sc(CCNC(=O)CCc3cccs3)nn12. The van der Waals surface area contributed by atoms with Crippen LogP contribution in [0.2, 0.25) is 0 Å². The van der Waals surface area contributed by atoms with E-state index in [9.17, 15) is 4.79 Å². The Hall–Kier alpha value is -1.80. The molecular weight excluding hydrogens is 306 g/mol. The van der Waals surface area contributed by atoms with Crippen LogP contribution in [-0.4, -0.2) is 32.3 Å². The molecule has 21 heavy (non-hydrogen) atoms. The lowest BCUT2D eigenvalue weighted by Crippen LogP contribution is -2.25. The number of aryl methyl sites for hydroxylation is 2. The van der Waals surface area contributed by atoms with Gasteiger partial charge in [0.15, 0.2) is 5.82 Å². The Morgan fingerprint density at radius 3 is 3.05 bits per heavy atom. The minimum atomic E-state index is 0.0857. The summed E-state index contributed by atoms with van der Waals surface area (Å²) in [5, 5.41) is 18.3. The predicted molar refractivity (Wildman–Crippen MR) is 82.7 cm³/mol. The zero-order chi connectivity index (χ0) is 14.7. The molecule has 0 bridgehead atoms. The lowest BCUT2D eigenvalue weighted by Gasteiger charge is -2.02. The van der Waals surface area contributed by atoms with Gasteiger partial charge in [-0.05, 0) is 24.8 Å². The maximum Gasteiger partial charge on any atom is 0.234 e. The Morgan fingerprint density at radius 1 is 1.38 bits per heavy atom. The first kappa shape index (κ1) is 14.2. The van der Waals surface area contributed by atoms with E-state index in [2.05, 4.69) is 26.7 Å². The third kappa shape index (κ3) is 3.45. The molecule has 0 aliphatic heterocycles. The molecule has 110 valence electrons. The van der Waals surface area contributed by atoms with Crippen LogP contribution in [0.3, 0.4) is 0 Å². The van der Waals surface area contributed by atoms with Gasteiger partial charge in [0.1, 0.15) is 5.01 Å². The van der Waals surface area contributed by atoms with Gasteiger partial charge in [-0.1, -0.05) is 17.4 Å². The molecule has 1 amide bonds. The summed E-state index contributed by atoms with van der Waals surface area (Å²) in [6.45, 7) is 2.47. The Bertz CT molecular complexity index is 731. The number of hydrogen-bond acceptors (Lipinski definition) is 6. The first-order valence-electron chi connectivity index (χ1n) is 6.69. The average Bonchev–Trinajstić information content (AvgIpc) is 3.17. The van der Waals surface area contributed by atoms with Crippen molar-refractivity contribution in [3.05, 3.63) is 33.2 Å². The molecule has 0 aliphatic rings. The van der Waals surface area contributed by atoms with Crippen LogP contribution in [0.1, 0.15) is 22.1 Å². The molecule has 1 N–H and O–H groups in total. The van der Waals surface area contributed by atoms with Crippen molar-refractivity contribution in [2.75, 3.05) is 6.54 Å². The molecule has 0 radical (unpaired) electrons. The minimum Gasteiger partial charge on any atom is -0.356 e. The number of amides is 1. The van der Waals surface area contributed by atoms with Crippen molar-refractivity contribution < 1.29 is 4.79 Å². The maximum atomic E-state index is 11.8. The van der Waals surface area contributed by atoms with Crippen molar-refractivity contribution in [2.24, 2.45) is 0 Å². The van der Waals surface area contributed by atoms with E-state index in [0.29, 0.717) is 13.0 Å². The van der Waals surface area contributed by atoms with Crippen molar-refractivity contribution in [3.8, 4) is 0 Å². The molecule has 0 fully saturated rings. The van der Waals surface area contributed by atoms with Crippen LogP contribution in [0.4, 0.5) is 0 Å². The zero-order valence-electron chi connectivity index (χ0n) is 11.6. The quantitative estimate of drug-likeness (QED) is 0.752. The summed E-state index contributed by atoms with van der Waals surface area (Å²) < 4.78 is 1.73. The van der Waals surface area contributed by atoms with Gasteiger partial charge in [0, 0.05) is 24.3 Å². The number of carbonyl (C=O) groups is 1. The molecule has 6 nitrogen and oxygen atoms in total. The zero-order valence-corrected chi connectivity index (χ0v) is 13.2. The molecule has 3 rings (SSSR count). The van der Waals surface area contributed by atoms with Gasteiger partial charge < -0.3 is 5.32 Å². The molecule has 3 aromatic heterocycles. The summed E-state index contributed by atoms with van der Waals surface area (Å²) in [6.07, 6.45) is 2.06. The van der Waals surface area contributed by atoms with Gasteiger partial charge in [-0.3, -0.25) is 4.79 Å². The van der Waals surface area contributed by atoms with Gasteiger partial charge >= 0.3 is 0 Å². The number of rotatable bonds is 6. The second kappa shape index (κ2) is 6.31. The normalized spacial score (nSPS) is 11.1. The lowest BCUT2D eigenvalue weighted by molar-refractivity contribution is -0.121. The molecule has 0 spiro atoms. The van der Waals surface area contributed by atoms with Crippen LogP contribution < -0.4 is 5.32 Å². The van der Waals surface area contributed by atoms with Crippen LogP contribution in [0, 0.1) is 6.92 Å². The Labute approximate surface area is 129 Å². The van der Waals surface area contributed by atoms with Gasteiger partial charge in [-0.15, -0.1) is 21.5 Å². The van der Waals surface area contributed by atoms with Crippen LogP contribution in [0.25, 0.3) is 4.96 Å². The molecule has 0 saturated carbocycles. The molecule has 0 unspecified atom stereocenters. The van der Waals surface area contributed by atoms with Crippen molar-refractivity contribution >= 4 is 33.5 Å². The standard InChI is InChI=1S/C13H15N5OS2/c1-9-15-16-13-18(9)17-12(21-13)6-7-14-11(19)5-4-10-3-2-8-20-10/h2-3,8H,4-7H2,1H3,(H,14,19). The number of aromatic nitrogens is 4. The first-order chi connectivity index (χ1) is 10.2. The number of fused-ring (bicyclic) bond motifs is 1. The highest BCUT2D eigenvalue weighted by atomic mass is 32.1. The van der Waals surface area contributed by atoms with E-state index >= 15 is 0 Å². The summed E-state index contributed by atoms with van der Waals surface area (Å²) in [7, 11) is 0. The maximum absolute atomic E-state index is 11.8. The largest absolute Gasteiger partial charge is 0.356 e. The van der Waals surface area contributed by atoms with Crippen molar-refractivity contribution in [2.45, 2.75) is 26.2 Å². The number of hydrogen-bond donors (Lipinski definition) is 1. The van der Waals surface area contributed by atoms with Crippen LogP contribution >= 0.6 is 22.7 Å². The molecule has 0 aromatic carbocycles. The average molecular weight is 321 g/mol. The molecular formula is C13H15N5OS2. The third-order valence-electron chi connectivity index (χ3n) is 3.03. The third-order valence-corrected chi connectivity index (χ3v) is 4.92. The molecule has 3 heterocycles. The van der Waals surface area contributed by atoms with Crippen LogP contribution in [-0.2, 0) is 17.6 Å². The smallest absolute Gasteiger partial charge is 0.234 e. The summed E-state index contributed by atoms with van der Waals surface area (Å²) in [5.74, 6) is 0.870. The summed E-state index contributed by atoms with van der Waals surface area (Å²) >= 11 is 3.20. The van der Waals surface area contributed by atoms with E-state index < -0.39 is 0 Å². The van der Waals surface area contributed by atoms with Crippen molar-refractivity contribution in [3.63, 3.8) is 0 Å². The monoisotopic (exact) mass is 321 g/mol. The second-order valence-corrected chi connectivity index (χ2v) is 6.69. The fraction of sp³-hybridized carbons (Fsp3) is 0.385. The highest BCUT2D eigenvalue weighted by molar-refractivity contribution is 7.16.